The summed E-state index contributed by atoms with van der Waals surface area (Å²) in [4.78, 5) is 23.5. The Hall–Kier alpha value is -2.60. The van der Waals surface area contributed by atoms with Crippen LogP contribution in [0.4, 0.5) is 10.1 Å². The lowest BCUT2D eigenvalue weighted by molar-refractivity contribution is -0.153. The normalized spacial score (nSPS) is 11.5. The van der Waals surface area contributed by atoms with Gasteiger partial charge in [-0.2, -0.15) is 0 Å². The van der Waals surface area contributed by atoms with Gasteiger partial charge in [-0.15, -0.1) is 0 Å². The van der Waals surface area contributed by atoms with Gasteiger partial charge in [0.2, 0.25) is 0 Å². The van der Waals surface area contributed by atoms with Gasteiger partial charge in [0.05, 0.1) is 5.69 Å². The van der Waals surface area contributed by atoms with E-state index in [1.807, 2.05) is 6.07 Å². The van der Waals surface area contributed by atoms with E-state index in [-0.39, 0.29) is 10.7 Å². The molecule has 1 atom stereocenters. The summed E-state index contributed by atoms with van der Waals surface area (Å²) in [6.07, 6.45) is -0.886. The highest BCUT2D eigenvalue weighted by atomic mass is 35.5. The zero-order valence-electron chi connectivity index (χ0n) is 12.8. The van der Waals surface area contributed by atoms with Crippen molar-refractivity contribution in [3.63, 3.8) is 0 Å². The molecule has 1 amide bonds. The second kappa shape index (κ2) is 8.31. The van der Waals surface area contributed by atoms with Crippen LogP contribution in [0.2, 0.25) is 5.02 Å². The van der Waals surface area contributed by atoms with Crippen LogP contribution >= 0.6 is 11.6 Å². The van der Waals surface area contributed by atoms with Crippen LogP contribution in [-0.2, 0) is 14.3 Å². The van der Waals surface area contributed by atoms with E-state index >= 15 is 0 Å². The number of hydrogen-bond acceptors (Lipinski definition) is 4. The van der Waals surface area contributed by atoms with Gasteiger partial charge in [-0.1, -0.05) is 29.8 Å². The van der Waals surface area contributed by atoms with Gasteiger partial charge in [0, 0.05) is 5.02 Å². The maximum absolute atomic E-state index is 13.5. The molecule has 0 saturated heterocycles. The van der Waals surface area contributed by atoms with E-state index in [1.165, 1.54) is 19.1 Å². The number of rotatable bonds is 6. The summed E-state index contributed by atoms with van der Waals surface area (Å²) < 4.78 is 23.7. The van der Waals surface area contributed by atoms with Crippen LogP contribution in [0.15, 0.2) is 48.5 Å². The Morgan fingerprint density at radius 2 is 1.92 bits per heavy atom. The smallest absolute Gasteiger partial charge is 0.347 e. The molecular formula is C17H15ClFNO4. The third kappa shape index (κ3) is 5.24. The number of carbonyl (C=O) groups excluding carboxylic acids is 2. The number of esters is 1. The van der Waals surface area contributed by atoms with E-state index in [0.717, 1.165) is 6.07 Å². The molecule has 1 N–H and O–H groups in total. The van der Waals surface area contributed by atoms with Crippen LogP contribution in [0.5, 0.6) is 5.75 Å². The Labute approximate surface area is 143 Å². The molecule has 2 rings (SSSR count). The molecule has 0 fully saturated rings. The summed E-state index contributed by atoms with van der Waals surface area (Å²) in [5.41, 5.74) is -0.0860. The lowest BCUT2D eigenvalue weighted by Crippen LogP contribution is -2.29. The number of hydrogen-bond donors (Lipinski definition) is 1. The topological polar surface area (TPSA) is 64.6 Å². The SMILES string of the molecule is C[C@@H](Oc1ccccc1)C(=O)OCC(=O)Nc1cc(Cl)ccc1F. The Bertz CT molecular complexity index is 724. The second-order valence-corrected chi connectivity index (χ2v) is 5.29. The number of anilines is 1. The molecule has 0 bridgehead atoms. The Morgan fingerprint density at radius 1 is 1.21 bits per heavy atom. The van der Waals surface area contributed by atoms with Crippen LogP contribution in [0, 0.1) is 5.82 Å². The van der Waals surface area contributed by atoms with Crippen molar-refractivity contribution in [1.29, 1.82) is 0 Å². The highest BCUT2D eigenvalue weighted by Gasteiger charge is 2.18. The second-order valence-electron chi connectivity index (χ2n) is 4.85. The van der Waals surface area contributed by atoms with E-state index in [4.69, 9.17) is 21.1 Å². The molecule has 24 heavy (non-hydrogen) atoms. The van der Waals surface area contributed by atoms with Crippen molar-refractivity contribution in [1.82, 2.24) is 0 Å². The van der Waals surface area contributed by atoms with Gasteiger partial charge in [-0.3, -0.25) is 4.79 Å². The lowest BCUT2D eigenvalue weighted by atomic mass is 10.3. The number of halogens is 2. The molecule has 2 aromatic carbocycles. The minimum Gasteiger partial charge on any atom is -0.479 e. The molecular weight excluding hydrogens is 337 g/mol. The molecule has 7 heteroatoms. The standard InChI is InChI=1S/C17H15ClFNO4/c1-11(24-13-5-3-2-4-6-13)17(22)23-10-16(21)20-15-9-12(18)7-8-14(15)19/h2-9,11H,10H2,1H3,(H,20,21)/t11-/m1/s1. The van der Waals surface area contributed by atoms with Gasteiger partial charge in [0.15, 0.2) is 12.7 Å². The van der Waals surface area contributed by atoms with Crippen molar-refractivity contribution in [2.24, 2.45) is 0 Å². The molecule has 2 aromatic rings. The maximum Gasteiger partial charge on any atom is 0.347 e. The van der Waals surface area contributed by atoms with Gasteiger partial charge in [-0.25, -0.2) is 9.18 Å². The van der Waals surface area contributed by atoms with Crippen LogP contribution in [0.1, 0.15) is 6.92 Å². The average molecular weight is 352 g/mol. The first-order chi connectivity index (χ1) is 11.5. The largest absolute Gasteiger partial charge is 0.479 e. The highest BCUT2D eigenvalue weighted by Crippen LogP contribution is 2.19. The van der Waals surface area contributed by atoms with Crippen molar-refractivity contribution in [3.05, 3.63) is 59.4 Å². The third-order valence-corrected chi connectivity index (χ3v) is 3.17. The van der Waals surface area contributed by atoms with Gasteiger partial charge < -0.3 is 14.8 Å². The molecule has 0 saturated carbocycles. The van der Waals surface area contributed by atoms with Crippen molar-refractivity contribution >= 4 is 29.2 Å². The highest BCUT2D eigenvalue weighted by molar-refractivity contribution is 6.30. The Kier molecular flexibility index (Phi) is 6.14. The van der Waals surface area contributed by atoms with Crippen LogP contribution in [-0.4, -0.2) is 24.6 Å². The summed E-state index contributed by atoms with van der Waals surface area (Å²) in [5.74, 6) is -1.52. The number of para-hydroxylation sites is 1. The summed E-state index contributed by atoms with van der Waals surface area (Å²) in [6.45, 7) is 0.942. The van der Waals surface area contributed by atoms with E-state index in [0.29, 0.717) is 5.75 Å². The predicted molar refractivity (Wildman–Crippen MR) is 87.5 cm³/mol. The first-order valence-electron chi connectivity index (χ1n) is 7.09. The molecule has 0 unspecified atom stereocenters. The number of benzene rings is 2. The fourth-order valence-electron chi connectivity index (χ4n) is 1.78. The monoisotopic (exact) mass is 351 g/mol. The van der Waals surface area contributed by atoms with Gasteiger partial charge >= 0.3 is 5.97 Å². The van der Waals surface area contributed by atoms with E-state index in [2.05, 4.69) is 5.32 Å². The van der Waals surface area contributed by atoms with Crippen LogP contribution in [0.25, 0.3) is 0 Å². The summed E-state index contributed by atoms with van der Waals surface area (Å²) >= 11 is 5.73. The number of nitrogens with one attached hydrogen (secondary N) is 1. The quantitative estimate of drug-likeness (QED) is 0.810. The maximum atomic E-state index is 13.5. The van der Waals surface area contributed by atoms with Crippen molar-refractivity contribution in [3.8, 4) is 5.75 Å². The van der Waals surface area contributed by atoms with Gasteiger partial charge in [-0.05, 0) is 37.3 Å². The first-order valence-corrected chi connectivity index (χ1v) is 7.47. The number of amides is 1. The van der Waals surface area contributed by atoms with Crippen molar-refractivity contribution in [2.45, 2.75) is 13.0 Å². The fraction of sp³-hybridized carbons (Fsp3) is 0.176. The van der Waals surface area contributed by atoms with E-state index in [1.54, 1.807) is 24.3 Å². The van der Waals surface area contributed by atoms with Gasteiger partial charge in [0.1, 0.15) is 11.6 Å². The molecule has 0 radical (unpaired) electrons. The number of ether oxygens (including phenoxy) is 2. The molecule has 0 aliphatic heterocycles. The molecule has 0 aromatic heterocycles. The predicted octanol–water partition coefficient (Wildman–Crippen LogP) is 3.43. The summed E-state index contributed by atoms with van der Waals surface area (Å²) in [7, 11) is 0. The van der Waals surface area contributed by atoms with Gasteiger partial charge in [0.25, 0.3) is 5.91 Å². The minimum atomic E-state index is -0.886. The Morgan fingerprint density at radius 3 is 2.62 bits per heavy atom. The van der Waals surface area contributed by atoms with E-state index < -0.39 is 30.4 Å². The summed E-state index contributed by atoms with van der Waals surface area (Å²) in [6, 6.07) is 12.5. The molecule has 0 aliphatic rings. The fourth-order valence-corrected chi connectivity index (χ4v) is 1.96. The average Bonchev–Trinajstić information content (AvgIpc) is 2.57. The summed E-state index contributed by atoms with van der Waals surface area (Å²) in [5, 5.41) is 2.55. The van der Waals surface area contributed by atoms with Crippen LogP contribution in [0.3, 0.4) is 0 Å². The molecule has 0 heterocycles. The van der Waals surface area contributed by atoms with Crippen molar-refractivity contribution < 1.29 is 23.5 Å². The van der Waals surface area contributed by atoms with Crippen LogP contribution < -0.4 is 10.1 Å². The molecule has 126 valence electrons. The lowest BCUT2D eigenvalue weighted by Gasteiger charge is -2.14. The first kappa shape index (κ1) is 17.7. The Balaban J connectivity index is 1.82. The van der Waals surface area contributed by atoms with Crippen molar-refractivity contribution in [2.75, 3.05) is 11.9 Å². The minimum absolute atomic E-state index is 0.0860. The molecule has 0 aliphatic carbocycles. The third-order valence-electron chi connectivity index (χ3n) is 2.94. The zero-order valence-corrected chi connectivity index (χ0v) is 13.5. The molecule has 5 nitrogen and oxygen atoms in total. The molecule has 0 spiro atoms. The number of carbonyl (C=O) groups is 2. The van der Waals surface area contributed by atoms with E-state index in [9.17, 15) is 14.0 Å². The zero-order chi connectivity index (χ0) is 17.5.